The van der Waals surface area contributed by atoms with Crippen LogP contribution in [-0.2, 0) is 28.3 Å². The quantitative estimate of drug-likeness (QED) is 0.0656. The second-order valence-corrected chi connectivity index (χ2v) is 17.8. The van der Waals surface area contributed by atoms with Crippen LogP contribution in [0.3, 0.4) is 0 Å². The number of hydrogen-bond donors (Lipinski definition) is 3. The van der Waals surface area contributed by atoms with Gasteiger partial charge in [-0.1, -0.05) is 187 Å². The van der Waals surface area contributed by atoms with Gasteiger partial charge in [0.1, 0.15) is 17.7 Å². The number of nitrogens with zero attached hydrogens (tertiary/aromatic N) is 2. The van der Waals surface area contributed by atoms with Crippen LogP contribution in [0.2, 0.25) is 0 Å². The van der Waals surface area contributed by atoms with Crippen LogP contribution in [0.25, 0.3) is 0 Å². The predicted molar refractivity (Wildman–Crippen MR) is 252 cm³/mol. The summed E-state index contributed by atoms with van der Waals surface area (Å²) in [6.45, 7) is 14.1. The molecule has 0 spiro atoms. The van der Waals surface area contributed by atoms with E-state index in [2.05, 4.69) is 189 Å². The fourth-order valence-corrected chi connectivity index (χ4v) is 8.31. The van der Waals surface area contributed by atoms with E-state index in [0.29, 0.717) is 18.5 Å². The van der Waals surface area contributed by atoms with Crippen molar-refractivity contribution in [3.63, 3.8) is 0 Å². The number of phenolic OH excluding ortho intramolecular Hbond substituents is 1. The van der Waals surface area contributed by atoms with Crippen LogP contribution in [0.5, 0.6) is 5.75 Å². The van der Waals surface area contributed by atoms with Gasteiger partial charge in [0.25, 0.3) is 0 Å². The minimum absolute atomic E-state index is 0. The molecule has 315 valence electrons. The molecule has 61 heavy (non-hydrogen) atoms. The van der Waals surface area contributed by atoms with Crippen LogP contribution in [-0.4, -0.2) is 52.0 Å². The van der Waals surface area contributed by atoms with E-state index in [0.717, 1.165) is 29.1 Å². The van der Waals surface area contributed by atoms with E-state index in [1.807, 2.05) is 43.7 Å². The molecule has 3 N–H and O–H groups in total. The first-order valence-corrected chi connectivity index (χ1v) is 21.1. The van der Waals surface area contributed by atoms with Gasteiger partial charge in [-0.3, -0.25) is 9.69 Å². The second kappa shape index (κ2) is 20.7. The summed E-state index contributed by atoms with van der Waals surface area (Å²) in [5, 5.41) is 13.8. The molecule has 5 aromatic carbocycles. The van der Waals surface area contributed by atoms with Gasteiger partial charge >= 0.3 is 0 Å². The Morgan fingerprint density at radius 3 is 1.61 bits per heavy atom. The summed E-state index contributed by atoms with van der Waals surface area (Å²) >= 11 is 0. The number of phenols is 1. The van der Waals surface area contributed by atoms with Gasteiger partial charge in [0.15, 0.2) is 5.78 Å². The maximum absolute atomic E-state index is 13.2. The Hall–Kier alpha value is -5.66. The molecule has 0 saturated carbocycles. The zero-order valence-electron chi connectivity index (χ0n) is 36.6. The van der Waals surface area contributed by atoms with Crippen LogP contribution in [0, 0.1) is 10.8 Å². The molecule has 0 fully saturated rings. The molecule has 1 heterocycles. The Morgan fingerprint density at radius 1 is 0.705 bits per heavy atom. The zero-order chi connectivity index (χ0) is 42.8. The van der Waals surface area contributed by atoms with E-state index in [-0.39, 0.29) is 45.5 Å². The molecule has 0 bridgehead atoms. The third-order valence-electron chi connectivity index (χ3n) is 11.6. The van der Waals surface area contributed by atoms with Gasteiger partial charge in [-0.15, -0.1) is 0 Å². The number of imidazole rings is 1. The minimum Gasteiger partial charge on any atom is -0.508 e. The maximum Gasteiger partial charge on any atom is 0.191 e. The zero-order valence-corrected chi connectivity index (χ0v) is 37.8. The normalized spacial score (nSPS) is 14.3. The number of hydrogen-bond acceptors (Lipinski definition) is 5. The Bertz CT molecular complexity index is 2220. The summed E-state index contributed by atoms with van der Waals surface area (Å²) in [6, 6.07) is 50.9. The van der Waals surface area contributed by atoms with E-state index in [1.54, 1.807) is 12.3 Å². The summed E-state index contributed by atoms with van der Waals surface area (Å²) < 4.78 is 0. The van der Waals surface area contributed by atoms with Crippen LogP contribution >= 0.6 is 0 Å². The summed E-state index contributed by atoms with van der Waals surface area (Å²) in [5.74, 6) is 1.23. The number of rotatable bonds is 12. The number of ketones is 1. The molecule has 1 radical (unpaired) electrons. The van der Waals surface area contributed by atoms with Crippen molar-refractivity contribution in [3.05, 3.63) is 204 Å². The Labute approximate surface area is 374 Å². The average Bonchev–Trinajstić information content (AvgIpc) is 3.77. The number of benzene rings is 5. The SMILES string of the molecule is CN(CCN/C=C1/C=C(C(C)(C)C)C=C(C(C)(C)C)C1=O)[C@@H](Cc1ncc[nH]1)c1ccccc1O.[Mn].c1ccc([B-](c2ccccc2)(c2ccccc2)c2ccccc2)cc1. The number of aromatic amines is 1. The predicted octanol–water partition coefficient (Wildman–Crippen LogP) is 8.39. The third-order valence-corrected chi connectivity index (χ3v) is 11.6. The molecule has 1 atom stereocenters. The fraction of sp³-hybridized carbons (Fsp3) is 0.245. The molecule has 0 unspecified atom stereocenters. The molecular formula is C53H60BMnN4O2-. The molecule has 6 aromatic rings. The number of aromatic hydroxyl groups is 1. The van der Waals surface area contributed by atoms with Gasteiger partial charge in [-0.2, -0.15) is 21.9 Å². The molecule has 0 aliphatic heterocycles. The number of nitrogens with one attached hydrogen (secondary N) is 2. The van der Waals surface area contributed by atoms with Crippen molar-refractivity contribution in [1.29, 1.82) is 0 Å². The molecule has 7 rings (SSSR count). The molecular weight excluding hydrogens is 790 g/mol. The van der Waals surface area contributed by atoms with Crippen LogP contribution in [0.4, 0.5) is 0 Å². The number of carbonyl (C=O) groups excluding carboxylic acids is 1. The standard InChI is InChI=1S/C29H40N4O2.C24H20B.Mn/c1-28(2,3)21-16-20(27(35)23(17-21)29(4,5)6)19-30-14-15-33(7)24(18-26-31-12-13-32-26)22-10-8-9-11-25(22)34;1-5-13-21(14-6-1)25(22-15-7-2-8-16-22,23-17-9-3-10-18-23)24-19-11-4-12-20-24;/h8-13,16-17,19,24,30,34H,14-15,18H2,1-7H3,(H,31,32);1-20H;/q;-1;/b20-19-;;/t24-;;/m0../s1. The topological polar surface area (TPSA) is 81.2 Å². The number of Topliss-reactive ketones (excluding diaryl/α,β-unsaturated/α-hetero) is 1. The number of carbonyl (C=O) groups is 1. The number of aromatic nitrogens is 2. The Morgan fingerprint density at radius 2 is 1.18 bits per heavy atom. The molecule has 1 aliphatic rings. The Balaban J connectivity index is 0.000000238. The van der Waals surface area contributed by atoms with Gasteiger partial charge in [0.2, 0.25) is 0 Å². The van der Waals surface area contributed by atoms with E-state index in [1.165, 1.54) is 21.9 Å². The molecule has 6 nitrogen and oxygen atoms in total. The molecule has 0 saturated heterocycles. The Kier molecular flexibility index (Phi) is 15.8. The smallest absolute Gasteiger partial charge is 0.191 e. The third kappa shape index (κ3) is 11.2. The average molecular weight is 851 g/mol. The van der Waals surface area contributed by atoms with Crippen LogP contribution in [0.1, 0.15) is 59.0 Å². The number of H-pyrrole nitrogens is 1. The second-order valence-electron chi connectivity index (χ2n) is 17.8. The van der Waals surface area contributed by atoms with Crippen molar-refractivity contribution in [2.45, 2.75) is 54.0 Å². The van der Waals surface area contributed by atoms with Crippen molar-refractivity contribution in [1.82, 2.24) is 20.2 Å². The summed E-state index contributed by atoms with van der Waals surface area (Å²) in [5.41, 5.74) is 8.64. The molecule has 8 heteroatoms. The minimum atomic E-state index is -1.22. The van der Waals surface area contributed by atoms with Crippen molar-refractivity contribution in [3.8, 4) is 5.75 Å². The van der Waals surface area contributed by atoms with Crippen LogP contribution in [0.15, 0.2) is 193 Å². The first-order valence-electron chi connectivity index (χ1n) is 21.1. The maximum atomic E-state index is 13.2. The van der Waals surface area contributed by atoms with Gasteiger partial charge in [0, 0.05) is 77.9 Å². The van der Waals surface area contributed by atoms with Crippen LogP contribution < -0.4 is 27.2 Å². The van der Waals surface area contributed by atoms with Gasteiger partial charge in [0.05, 0.1) is 0 Å². The molecule has 1 aliphatic carbocycles. The van der Waals surface area contributed by atoms with E-state index in [4.69, 9.17) is 0 Å². The van der Waals surface area contributed by atoms with Gasteiger partial charge < -0.3 is 15.4 Å². The van der Waals surface area contributed by atoms with Crippen molar-refractivity contribution in [2.75, 3.05) is 20.1 Å². The van der Waals surface area contributed by atoms with E-state index < -0.39 is 6.15 Å². The number of allylic oxidation sites excluding steroid dienone is 5. The first-order chi connectivity index (χ1) is 28.8. The molecule has 0 amide bonds. The molecule has 1 aromatic heterocycles. The first kappa shape index (κ1) is 46.4. The van der Waals surface area contributed by atoms with Gasteiger partial charge in [-0.05, 0) is 35.6 Å². The van der Waals surface area contributed by atoms with Crippen molar-refractivity contribution < 1.29 is 27.0 Å². The summed E-state index contributed by atoms with van der Waals surface area (Å²) in [4.78, 5) is 22.9. The van der Waals surface area contributed by atoms with Gasteiger partial charge in [-0.25, -0.2) is 4.98 Å². The summed E-state index contributed by atoms with van der Waals surface area (Å²) in [6.07, 6.45) is 8.92. The summed E-state index contributed by atoms with van der Waals surface area (Å²) in [7, 11) is 2.04. The van der Waals surface area contributed by atoms with Crippen molar-refractivity contribution in [2.24, 2.45) is 10.8 Å². The van der Waals surface area contributed by atoms with E-state index >= 15 is 0 Å². The number of likely N-dealkylation sites (N-methyl/N-ethyl adjacent to an activating group) is 1. The fourth-order valence-electron chi connectivity index (χ4n) is 8.31. The van der Waals surface area contributed by atoms with E-state index in [9.17, 15) is 9.90 Å². The monoisotopic (exact) mass is 850 g/mol. The largest absolute Gasteiger partial charge is 0.508 e. The van der Waals surface area contributed by atoms with Crippen molar-refractivity contribution >= 4 is 33.8 Å². The number of para-hydroxylation sites is 1.